The van der Waals surface area contributed by atoms with Crippen LogP contribution in [0, 0.1) is 5.82 Å². The second-order valence-corrected chi connectivity index (χ2v) is 5.27. The van der Waals surface area contributed by atoms with Crippen LogP contribution in [-0.2, 0) is 11.3 Å². The molecule has 1 unspecified atom stereocenters. The minimum atomic E-state index is -2.17. The fourth-order valence-electron chi connectivity index (χ4n) is 1.60. The molecule has 0 spiro atoms. The first-order chi connectivity index (χ1) is 10.4. The van der Waals surface area contributed by atoms with Crippen molar-refractivity contribution in [2.45, 2.75) is 0 Å². The summed E-state index contributed by atoms with van der Waals surface area (Å²) >= 11 is 3.45. The standard InChI is InChI=1S/C13H11ClFN3O3S/c14-8-1-6-12(11(15)7-8)17-13(19)16-9-2-4-10(5-3-9)18-22(20)21/h1-7,18H,(H,20,21)(H2,16,17,19). The molecule has 1 atom stereocenters. The molecule has 2 aromatic rings. The van der Waals surface area contributed by atoms with Gasteiger partial charge in [0.2, 0.25) is 0 Å². The minimum absolute atomic E-state index is 0.00383. The lowest BCUT2D eigenvalue weighted by atomic mass is 10.3. The molecule has 9 heteroatoms. The summed E-state index contributed by atoms with van der Waals surface area (Å²) in [5.41, 5.74) is 0.840. The number of carbonyl (C=O) groups is 1. The number of benzene rings is 2. The van der Waals surface area contributed by atoms with Crippen LogP contribution in [0.2, 0.25) is 5.02 Å². The quantitative estimate of drug-likeness (QED) is 0.638. The van der Waals surface area contributed by atoms with E-state index >= 15 is 0 Å². The number of hydrogen-bond acceptors (Lipinski definition) is 2. The van der Waals surface area contributed by atoms with E-state index in [1.165, 1.54) is 36.4 Å². The van der Waals surface area contributed by atoms with Gasteiger partial charge in [0.15, 0.2) is 0 Å². The van der Waals surface area contributed by atoms with E-state index in [9.17, 15) is 13.4 Å². The maximum absolute atomic E-state index is 13.5. The van der Waals surface area contributed by atoms with Crippen molar-refractivity contribution >= 4 is 46.0 Å². The van der Waals surface area contributed by atoms with Gasteiger partial charge in [-0.1, -0.05) is 11.6 Å². The molecule has 0 saturated carbocycles. The number of carbonyl (C=O) groups excluding carboxylic acids is 1. The highest BCUT2D eigenvalue weighted by Crippen LogP contribution is 2.19. The van der Waals surface area contributed by atoms with E-state index in [2.05, 4.69) is 15.4 Å². The van der Waals surface area contributed by atoms with Crippen LogP contribution in [0.1, 0.15) is 0 Å². The maximum Gasteiger partial charge on any atom is 0.323 e. The largest absolute Gasteiger partial charge is 0.323 e. The van der Waals surface area contributed by atoms with E-state index in [4.69, 9.17) is 16.2 Å². The van der Waals surface area contributed by atoms with Gasteiger partial charge in [0, 0.05) is 16.4 Å². The SMILES string of the molecule is O=C(Nc1ccc(NS(=O)O)cc1)Nc1ccc(Cl)cc1F. The molecule has 2 amide bonds. The zero-order chi connectivity index (χ0) is 16.1. The van der Waals surface area contributed by atoms with Gasteiger partial charge in [-0.05, 0) is 42.5 Å². The number of urea groups is 1. The highest BCUT2D eigenvalue weighted by Gasteiger charge is 2.07. The van der Waals surface area contributed by atoms with Crippen molar-refractivity contribution in [2.75, 3.05) is 15.4 Å². The predicted octanol–water partition coefficient (Wildman–Crippen LogP) is 3.67. The topological polar surface area (TPSA) is 90.5 Å². The average Bonchev–Trinajstić information content (AvgIpc) is 2.43. The molecule has 0 fully saturated rings. The predicted molar refractivity (Wildman–Crippen MR) is 84.9 cm³/mol. The summed E-state index contributed by atoms with van der Waals surface area (Å²) in [6.07, 6.45) is 0. The number of anilines is 3. The van der Waals surface area contributed by atoms with E-state index in [0.29, 0.717) is 11.4 Å². The van der Waals surface area contributed by atoms with Crippen LogP contribution in [0.25, 0.3) is 0 Å². The Kier molecular flexibility index (Phi) is 5.31. The molecule has 6 nitrogen and oxygen atoms in total. The smallest absolute Gasteiger partial charge is 0.308 e. The van der Waals surface area contributed by atoms with E-state index in [1.807, 2.05) is 0 Å². The summed E-state index contributed by atoms with van der Waals surface area (Å²) < 4.78 is 35.0. The van der Waals surface area contributed by atoms with E-state index in [-0.39, 0.29) is 10.7 Å². The molecule has 0 heterocycles. The summed E-state index contributed by atoms with van der Waals surface area (Å²) in [7, 11) is 0. The Bertz CT molecular complexity index is 712. The zero-order valence-electron chi connectivity index (χ0n) is 11.0. The van der Waals surface area contributed by atoms with Crippen LogP contribution in [0.15, 0.2) is 42.5 Å². The van der Waals surface area contributed by atoms with E-state index in [1.54, 1.807) is 0 Å². The first-order valence-electron chi connectivity index (χ1n) is 5.94. The number of halogens is 2. The van der Waals surface area contributed by atoms with Crippen molar-refractivity contribution < 1.29 is 17.9 Å². The number of amides is 2. The summed E-state index contributed by atoms with van der Waals surface area (Å²) in [5, 5.41) is 5.07. The Balaban J connectivity index is 1.98. The molecular weight excluding hydrogens is 333 g/mol. The molecule has 0 bridgehead atoms. The number of hydrogen-bond donors (Lipinski definition) is 4. The third kappa shape index (κ3) is 4.69. The van der Waals surface area contributed by atoms with Crippen LogP contribution in [0.3, 0.4) is 0 Å². The van der Waals surface area contributed by atoms with Crippen molar-refractivity contribution in [3.8, 4) is 0 Å². The fraction of sp³-hybridized carbons (Fsp3) is 0. The van der Waals surface area contributed by atoms with Crippen molar-refractivity contribution in [3.05, 3.63) is 53.3 Å². The van der Waals surface area contributed by atoms with Crippen LogP contribution in [-0.4, -0.2) is 14.8 Å². The van der Waals surface area contributed by atoms with Gasteiger partial charge in [0.1, 0.15) is 5.82 Å². The lowest BCUT2D eigenvalue weighted by molar-refractivity contribution is 0.262. The molecular formula is C13H11ClFN3O3S. The number of rotatable bonds is 4. The minimum Gasteiger partial charge on any atom is -0.308 e. The second kappa shape index (κ2) is 7.21. The van der Waals surface area contributed by atoms with Crippen LogP contribution in [0.5, 0.6) is 0 Å². The molecule has 0 aliphatic rings. The lowest BCUT2D eigenvalue weighted by Crippen LogP contribution is -2.20. The maximum atomic E-state index is 13.5. The lowest BCUT2D eigenvalue weighted by Gasteiger charge is -2.09. The number of nitrogens with one attached hydrogen (secondary N) is 3. The van der Waals surface area contributed by atoms with Gasteiger partial charge in [-0.15, -0.1) is 0 Å². The molecule has 116 valence electrons. The fourth-order valence-corrected chi connectivity index (χ4v) is 2.09. The summed E-state index contributed by atoms with van der Waals surface area (Å²) in [6, 6.07) is 9.32. The van der Waals surface area contributed by atoms with Crippen molar-refractivity contribution in [2.24, 2.45) is 0 Å². The van der Waals surface area contributed by atoms with Crippen molar-refractivity contribution in [1.82, 2.24) is 0 Å². The van der Waals surface area contributed by atoms with E-state index in [0.717, 1.165) is 6.07 Å². The van der Waals surface area contributed by atoms with Crippen molar-refractivity contribution in [1.29, 1.82) is 0 Å². The van der Waals surface area contributed by atoms with Crippen LogP contribution < -0.4 is 15.4 Å². The van der Waals surface area contributed by atoms with Gasteiger partial charge >= 0.3 is 6.03 Å². The summed E-state index contributed by atoms with van der Waals surface area (Å²) in [6.45, 7) is 0. The summed E-state index contributed by atoms with van der Waals surface area (Å²) in [5.74, 6) is -0.646. The summed E-state index contributed by atoms with van der Waals surface area (Å²) in [4.78, 5) is 11.8. The first-order valence-corrected chi connectivity index (χ1v) is 7.43. The monoisotopic (exact) mass is 343 g/mol. The average molecular weight is 344 g/mol. The Morgan fingerprint density at radius 2 is 1.73 bits per heavy atom. The van der Waals surface area contributed by atoms with Crippen LogP contribution >= 0.6 is 11.6 Å². The van der Waals surface area contributed by atoms with Crippen LogP contribution in [0.4, 0.5) is 26.2 Å². The third-order valence-electron chi connectivity index (χ3n) is 2.53. The highest BCUT2D eigenvalue weighted by molar-refractivity contribution is 7.80. The molecule has 0 aromatic heterocycles. The highest BCUT2D eigenvalue weighted by atomic mass is 35.5. The van der Waals surface area contributed by atoms with Gasteiger partial charge in [-0.25, -0.2) is 13.4 Å². The molecule has 4 N–H and O–H groups in total. The normalized spacial score (nSPS) is 11.6. The first kappa shape index (κ1) is 16.2. The Morgan fingerprint density at radius 3 is 2.32 bits per heavy atom. The molecule has 2 rings (SSSR count). The molecule has 0 radical (unpaired) electrons. The molecule has 0 aliphatic heterocycles. The molecule has 22 heavy (non-hydrogen) atoms. The van der Waals surface area contributed by atoms with Gasteiger partial charge in [0.25, 0.3) is 11.3 Å². The molecule has 0 saturated heterocycles. The Hall–Kier alpha value is -2.16. The Labute approximate surface area is 133 Å². The Morgan fingerprint density at radius 1 is 1.09 bits per heavy atom. The van der Waals surface area contributed by atoms with Gasteiger partial charge in [-0.3, -0.25) is 9.27 Å². The van der Waals surface area contributed by atoms with Gasteiger partial charge in [0.05, 0.1) is 5.69 Å². The second-order valence-electron chi connectivity index (χ2n) is 4.13. The molecule has 2 aromatic carbocycles. The third-order valence-corrected chi connectivity index (χ3v) is 3.17. The van der Waals surface area contributed by atoms with E-state index < -0.39 is 23.1 Å². The zero-order valence-corrected chi connectivity index (χ0v) is 12.5. The van der Waals surface area contributed by atoms with Gasteiger partial charge < -0.3 is 10.6 Å². The van der Waals surface area contributed by atoms with Gasteiger partial charge in [-0.2, -0.15) is 0 Å². The van der Waals surface area contributed by atoms with Crippen molar-refractivity contribution in [3.63, 3.8) is 0 Å². The molecule has 0 aliphatic carbocycles.